The van der Waals surface area contributed by atoms with Crippen LogP contribution in [0.1, 0.15) is 45.4 Å². The zero-order chi connectivity index (χ0) is 13.9. The summed E-state index contributed by atoms with van der Waals surface area (Å²) in [4.78, 5) is 15.0. The first-order valence-electron chi connectivity index (χ1n) is 8.54. The highest BCUT2D eigenvalue weighted by molar-refractivity contribution is 5.82. The summed E-state index contributed by atoms with van der Waals surface area (Å²) in [7, 11) is 0. The molecule has 1 saturated carbocycles. The number of piperidine rings is 1. The van der Waals surface area contributed by atoms with Gasteiger partial charge in [0.2, 0.25) is 5.91 Å². The lowest BCUT2D eigenvalue weighted by Crippen LogP contribution is -2.51. The van der Waals surface area contributed by atoms with Crippen molar-refractivity contribution in [3.05, 3.63) is 0 Å². The first-order chi connectivity index (χ1) is 9.78. The van der Waals surface area contributed by atoms with Gasteiger partial charge in [0.05, 0.1) is 6.04 Å². The van der Waals surface area contributed by atoms with E-state index in [9.17, 15) is 4.79 Å². The van der Waals surface area contributed by atoms with Gasteiger partial charge in [-0.2, -0.15) is 0 Å². The molecule has 3 atom stereocenters. The van der Waals surface area contributed by atoms with Crippen LogP contribution in [0.3, 0.4) is 0 Å². The number of nitrogens with zero attached hydrogens (tertiary/aromatic N) is 1. The van der Waals surface area contributed by atoms with Crippen LogP contribution >= 0.6 is 0 Å². The molecule has 0 spiro atoms. The molecule has 2 saturated heterocycles. The minimum Gasteiger partial charge on any atom is -0.352 e. The van der Waals surface area contributed by atoms with Gasteiger partial charge in [0.25, 0.3) is 0 Å². The van der Waals surface area contributed by atoms with E-state index >= 15 is 0 Å². The van der Waals surface area contributed by atoms with E-state index in [1.165, 1.54) is 32.2 Å². The second-order valence-corrected chi connectivity index (χ2v) is 6.87. The molecule has 20 heavy (non-hydrogen) atoms. The summed E-state index contributed by atoms with van der Waals surface area (Å²) < 4.78 is 0. The van der Waals surface area contributed by atoms with Crippen molar-refractivity contribution in [3.63, 3.8) is 0 Å². The van der Waals surface area contributed by atoms with E-state index in [0.29, 0.717) is 12.0 Å². The highest BCUT2D eigenvalue weighted by atomic mass is 16.2. The van der Waals surface area contributed by atoms with Crippen LogP contribution in [0.5, 0.6) is 0 Å². The molecule has 1 aliphatic carbocycles. The molecule has 2 N–H and O–H groups in total. The topological polar surface area (TPSA) is 44.4 Å². The van der Waals surface area contributed by atoms with Gasteiger partial charge in [-0.3, -0.25) is 4.79 Å². The van der Waals surface area contributed by atoms with Crippen LogP contribution in [0, 0.1) is 11.8 Å². The SMILES string of the molecule is CCCN1CCC(NC(=O)C2NCC3CCCC32)CC1. The van der Waals surface area contributed by atoms with Gasteiger partial charge in [0.1, 0.15) is 0 Å². The summed E-state index contributed by atoms with van der Waals surface area (Å²) in [6, 6.07) is 0.494. The number of carbonyl (C=O) groups is 1. The van der Waals surface area contributed by atoms with Gasteiger partial charge >= 0.3 is 0 Å². The van der Waals surface area contributed by atoms with Crippen LogP contribution in [0.25, 0.3) is 0 Å². The Morgan fingerprint density at radius 1 is 1.25 bits per heavy atom. The number of amides is 1. The van der Waals surface area contributed by atoms with Crippen molar-refractivity contribution in [1.29, 1.82) is 0 Å². The van der Waals surface area contributed by atoms with E-state index in [2.05, 4.69) is 22.5 Å². The molecule has 0 bridgehead atoms. The third-order valence-electron chi connectivity index (χ3n) is 5.50. The van der Waals surface area contributed by atoms with Crippen molar-refractivity contribution < 1.29 is 4.79 Å². The molecule has 114 valence electrons. The second-order valence-electron chi connectivity index (χ2n) is 6.87. The lowest BCUT2D eigenvalue weighted by molar-refractivity contribution is -0.124. The van der Waals surface area contributed by atoms with Gasteiger partial charge in [-0.25, -0.2) is 0 Å². The Balaban J connectivity index is 1.45. The fourth-order valence-corrected chi connectivity index (χ4v) is 4.38. The first kappa shape index (κ1) is 14.3. The fourth-order valence-electron chi connectivity index (χ4n) is 4.38. The Bertz CT molecular complexity index is 339. The van der Waals surface area contributed by atoms with Crippen molar-refractivity contribution in [2.45, 2.75) is 57.5 Å². The molecular weight excluding hydrogens is 250 g/mol. The molecule has 3 aliphatic rings. The quantitative estimate of drug-likeness (QED) is 0.817. The number of likely N-dealkylation sites (tertiary alicyclic amines) is 1. The molecule has 0 aromatic heterocycles. The summed E-state index contributed by atoms with van der Waals surface area (Å²) in [5.74, 6) is 1.64. The van der Waals surface area contributed by atoms with Crippen LogP contribution in [-0.4, -0.2) is 49.1 Å². The van der Waals surface area contributed by atoms with Gasteiger partial charge in [-0.1, -0.05) is 13.3 Å². The third kappa shape index (κ3) is 3.01. The van der Waals surface area contributed by atoms with E-state index < -0.39 is 0 Å². The van der Waals surface area contributed by atoms with Crippen LogP contribution < -0.4 is 10.6 Å². The van der Waals surface area contributed by atoms with Gasteiger partial charge < -0.3 is 15.5 Å². The minimum absolute atomic E-state index is 0.0937. The molecule has 2 heterocycles. The molecule has 3 fully saturated rings. The Kier molecular flexibility index (Phi) is 4.61. The average molecular weight is 279 g/mol. The molecule has 2 aliphatic heterocycles. The van der Waals surface area contributed by atoms with Crippen LogP contribution in [0.4, 0.5) is 0 Å². The molecule has 0 aromatic carbocycles. The molecule has 4 heteroatoms. The van der Waals surface area contributed by atoms with E-state index in [4.69, 9.17) is 0 Å². The zero-order valence-electron chi connectivity index (χ0n) is 12.7. The van der Waals surface area contributed by atoms with Crippen molar-refractivity contribution in [3.8, 4) is 0 Å². The van der Waals surface area contributed by atoms with Gasteiger partial charge in [0, 0.05) is 19.1 Å². The lowest BCUT2D eigenvalue weighted by atomic mass is 9.93. The predicted octanol–water partition coefficient (Wildman–Crippen LogP) is 1.37. The van der Waals surface area contributed by atoms with Gasteiger partial charge in [-0.05, 0) is 57.0 Å². The highest BCUT2D eigenvalue weighted by Gasteiger charge is 2.42. The van der Waals surface area contributed by atoms with E-state index in [0.717, 1.165) is 38.4 Å². The maximum absolute atomic E-state index is 12.5. The van der Waals surface area contributed by atoms with Crippen LogP contribution in [0.2, 0.25) is 0 Å². The zero-order valence-corrected chi connectivity index (χ0v) is 12.7. The summed E-state index contributed by atoms with van der Waals surface area (Å²) in [6.07, 6.45) is 7.34. The second kappa shape index (κ2) is 6.44. The summed E-state index contributed by atoms with van der Waals surface area (Å²) >= 11 is 0. The number of hydrogen-bond acceptors (Lipinski definition) is 3. The van der Waals surface area contributed by atoms with Crippen molar-refractivity contribution in [2.75, 3.05) is 26.2 Å². The monoisotopic (exact) mass is 279 g/mol. The van der Waals surface area contributed by atoms with Crippen molar-refractivity contribution >= 4 is 5.91 Å². The number of carbonyl (C=O) groups excluding carboxylic acids is 1. The van der Waals surface area contributed by atoms with Gasteiger partial charge in [0.15, 0.2) is 0 Å². The van der Waals surface area contributed by atoms with Crippen molar-refractivity contribution in [2.24, 2.45) is 11.8 Å². The molecular formula is C16H29N3O. The van der Waals surface area contributed by atoms with Crippen LogP contribution in [-0.2, 0) is 4.79 Å². The van der Waals surface area contributed by atoms with E-state index in [1.807, 2.05) is 0 Å². The smallest absolute Gasteiger partial charge is 0.237 e. The van der Waals surface area contributed by atoms with E-state index in [-0.39, 0.29) is 11.9 Å². The Hall–Kier alpha value is -0.610. The van der Waals surface area contributed by atoms with Crippen LogP contribution in [0.15, 0.2) is 0 Å². The van der Waals surface area contributed by atoms with E-state index in [1.54, 1.807) is 0 Å². The molecule has 1 amide bonds. The average Bonchev–Trinajstić information content (AvgIpc) is 3.03. The first-order valence-corrected chi connectivity index (χ1v) is 8.54. The number of hydrogen-bond donors (Lipinski definition) is 2. The maximum atomic E-state index is 12.5. The molecule has 0 aromatic rings. The fraction of sp³-hybridized carbons (Fsp3) is 0.938. The normalized spacial score (nSPS) is 35.1. The maximum Gasteiger partial charge on any atom is 0.237 e. The Labute approximate surface area is 122 Å². The standard InChI is InChI=1S/C16H29N3O/c1-2-8-19-9-6-13(7-10-19)18-16(20)15-14-5-3-4-12(14)11-17-15/h12-15,17H,2-11H2,1H3,(H,18,20). The summed E-state index contributed by atoms with van der Waals surface area (Å²) in [5, 5.41) is 6.76. The number of fused-ring (bicyclic) bond motifs is 1. The molecule has 3 unspecified atom stereocenters. The molecule has 3 rings (SSSR count). The van der Waals surface area contributed by atoms with Crippen molar-refractivity contribution in [1.82, 2.24) is 15.5 Å². The minimum atomic E-state index is 0.0937. The summed E-state index contributed by atoms with van der Waals surface area (Å²) in [6.45, 7) is 6.77. The summed E-state index contributed by atoms with van der Waals surface area (Å²) in [5.41, 5.74) is 0. The van der Waals surface area contributed by atoms with Gasteiger partial charge in [-0.15, -0.1) is 0 Å². The largest absolute Gasteiger partial charge is 0.352 e. The number of rotatable bonds is 4. The molecule has 4 nitrogen and oxygen atoms in total. The third-order valence-corrected chi connectivity index (χ3v) is 5.50. The highest BCUT2D eigenvalue weighted by Crippen LogP contribution is 2.37. The Morgan fingerprint density at radius 3 is 2.80 bits per heavy atom. The molecule has 0 radical (unpaired) electrons. The predicted molar refractivity (Wildman–Crippen MR) is 80.5 cm³/mol. The number of nitrogens with one attached hydrogen (secondary N) is 2. The lowest BCUT2D eigenvalue weighted by Gasteiger charge is -2.33. The Morgan fingerprint density at radius 2 is 2.05 bits per heavy atom.